The second-order valence-corrected chi connectivity index (χ2v) is 5.82. The van der Waals surface area contributed by atoms with Gasteiger partial charge < -0.3 is 14.4 Å². The first-order valence-corrected chi connectivity index (χ1v) is 8.36. The second kappa shape index (κ2) is 8.20. The summed E-state index contributed by atoms with van der Waals surface area (Å²) in [5.41, 5.74) is 2.58. The van der Waals surface area contributed by atoms with Gasteiger partial charge in [0, 0.05) is 39.1 Å². The van der Waals surface area contributed by atoms with Crippen LogP contribution in [0.4, 0.5) is 0 Å². The first-order chi connectivity index (χ1) is 11.1. The van der Waals surface area contributed by atoms with E-state index in [0.29, 0.717) is 6.42 Å². The molecular weight excluding hydrogens is 292 g/mol. The number of fused-ring (bicyclic) bond motifs is 1. The smallest absolute Gasteiger partial charge is 0.223 e. The van der Waals surface area contributed by atoms with E-state index in [1.54, 1.807) is 14.2 Å². The van der Waals surface area contributed by atoms with Crippen molar-refractivity contribution in [3.8, 4) is 11.5 Å². The summed E-state index contributed by atoms with van der Waals surface area (Å²) in [6, 6.07) is 4.14. The molecule has 0 saturated carbocycles. The van der Waals surface area contributed by atoms with Crippen molar-refractivity contribution >= 4 is 5.91 Å². The van der Waals surface area contributed by atoms with Gasteiger partial charge in [0.2, 0.25) is 5.91 Å². The number of carbonyl (C=O) groups excluding carboxylic acids is 1. The van der Waals surface area contributed by atoms with Crippen LogP contribution in [0.1, 0.15) is 31.4 Å². The van der Waals surface area contributed by atoms with E-state index in [9.17, 15) is 4.79 Å². The molecule has 0 radical (unpaired) electrons. The molecule has 0 saturated heterocycles. The van der Waals surface area contributed by atoms with Crippen LogP contribution in [0, 0.1) is 0 Å². The lowest BCUT2D eigenvalue weighted by Crippen LogP contribution is -2.36. The van der Waals surface area contributed by atoms with Crippen LogP contribution >= 0.6 is 0 Å². The molecule has 1 heterocycles. The zero-order valence-electron chi connectivity index (χ0n) is 14.7. The molecule has 1 aromatic rings. The van der Waals surface area contributed by atoms with Crippen LogP contribution in [0.2, 0.25) is 0 Å². The monoisotopic (exact) mass is 320 g/mol. The molecule has 128 valence electrons. The van der Waals surface area contributed by atoms with E-state index in [1.807, 2.05) is 18.7 Å². The van der Waals surface area contributed by atoms with Crippen LogP contribution in [0.5, 0.6) is 11.5 Å². The van der Waals surface area contributed by atoms with Gasteiger partial charge in [0.15, 0.2) is 11.5 Å². The van der Waals surface area contributed by atoms with Gasteiger partial charge in [-0.05, 0) is 43.5 Å². The first-order valence-electron chi connectivity index (χ1n) is 8.36. The van der Waals surface area contributed by atoms with Gasteiger partial charge in [0.25, 0.3) is 0 Å². The van der Waals surface area contributed by atoms with E-state index in [0.717, 1.165) is 50.6 Å². The maximum atomic E-state index is 12.1. The minimum absolute atomic E-state index is 0.244. The van der Waals surface area contributed by atoms with Crippen molar-refractivity contribution in [3.63, 3.8) is 0 Å². The number of hydrogen-bond acceptors (Lipinski definition) is 4. The van der Waals surface area contributed by atoms with E-state index in [-0.39, 0.29) is 5.91 Å². The van der Waals surface area contributed by atoms with E-state index < -0.39 is 0 Å². The molecule has 1 aromatic carbocycles. The van der Waals surface area contributed by atoms with E-state index in [4.69, 9.17) is 9.47 Å². The summed E-state index contributed by atoms with van der Waals surface area (Å²) >= 11 is 0. The number of carbonyl (C=O) groups is 1. The summed E-state index contributed by atoms with van der Waals surface area (Å²) in [5, 5.41) is 0. The van der Waals surface area contributed by atoms with Crippen molar-refractivity contribution in [2.45, 2.75) is 33.2 Å². The zero-order chi connectivity index (χ0) is 16.8. The van der Waals surface area contributed by atoms with Crippen LogP contribution in [-0.2, 0) is 17.8 Å². The highest BCUT2D eigenvalue weighted by Crippen LogP contribution is 2.33. The Morgan fingerprint density at radius 1 is 1.13 bits per heavy atom. The molecule has 0 aliphatic carbocycles. The molecule has 0 bridgehead atoms. The molecule has 5 nitrogen and oxygen atoms in total. The molecule has 0 aromatic heterocycles. The summed E-state index contributed by atoms with van der Waals surface area (Å²) in [7, 11) is 3.33. The highest BCUT2D eigenvalue weighted by molar-refractivity contribution is 5.76. The molecule has 0 N–H and O–H groups in total. The Balaban J connectivity index is 1.99. The number of ether oxygens (including phenoxy) is 2. The molecule has 1 amide bonds. The van der Waals surface area contributed by atoms with Crippen LogP contribution in [0.15, 0.2) is 12.1 Å². The Morgan fingerprint density at radius 2 is 1.74 bits per heavy atom. The van der Waals surface area contributed by atoms with Gasteiger partial charge in [0.05, 0.1) is 14.2 Å². The minimum Gasteiger partial charge on any atom is -0.493 e. The first kappa shape index (κ1) is 17.6. The third kappa shape index (κ3) is 4.16. The predicted octanol–water partition coefficient (Wildman–Crippen LogP) is 2.32. The number of nitrogens with zero attached hydrogens (tertiary/aromatic N) is 2. The van der Waals surface area contributed by atoms with Crippen molar-refractivity contribution < 1.29 is 14.3 Å². The van der Waals surface area contributed by atoms with Crippen LogP contribution in [0.3, 0.4) is 0 Å². The summed E-state index contributed by atoms with van der Waals surface area (Å²) in [5.74, 6) is 1.80. The molecule has 1 aliphatic rings. The number of amides is 1. The molecule has 5 heteroatoms. The molecule has 2 rings (SSSR count). The fraction of sp³-hybridized carbons (Fsp3) is 0.611. The Kier molecular flexibility index (Phi) is 6.28. The quantitative estimate of drug-likeness (QED) is 0.773. The second-order valence-electron chi connectivity index (χ2n) is 5.82. The SMILES string of the molecule is CCN(CC)C(=O)CCN1CCc2cc(OC)c(OC)cc2C1. The lowest BCUT2D eigenvalue weighted by molar-refractivity contribution is -0.131. The van der Waals surface area contributed by atoms with Crippen molar-refractivity contribution in [3.05, 3.63) is 23.3 Å². The maximum Gasteiger partial charge on any atom is 0.223 e. The molecule has 23 heavy (non-hydrogen) atoms. The minimum atomic E-state index is 0.244. The zero-order valence-corrected chi connectivity index (χ0v) is 14.7. The van der Waals surface area contributed by atoms with Gasteiger partial charge in [-0.3, -0.25) is 9.69 Å². The molecule has 1 aliphatic heterocycles. The van der Waals surface area contributed by atoms with Gasteiger partial charge in [0.1, 0.15) is 0 Å². The average Bonchev–Trinajstić information content (AvgIpc) is 2.59. The predicted molar refractivity (Wildman–Crippen MR) is 91.1 cm³/mol. The normalized spacial score (nSPS) is 14.3. The number of rotatable bonds is 7. The van der Waals surface area contributed by atoms with Gasteiger partial charge in [-0.2, -0.15) is 0 Å². The fourth-order valence-electron chi connectivity index (χ4n) is 3.12. The van der Waals surface area contributed by atoms with Crippen molar-refractivity contribution in [1.29, 1.82) is 0 Å². The summed E-state index contributed by atoms with van der Waals surface area (Å²) in [6.07, 6.45) is 1.57. The summed E-state index contributed by atoms with van der Waals surface area (Å²) < 4.78 is 10.8. The molecular formula is C18H28N2O3. The fourth-order valence-corrected chi connectivity index (χ4v) is 3.12. The van der Waals surface area contributed by atoms with Crippen LogP contribution in [-0.4, -0.2) is 56.1 Å². The van der Waals surface area contributed by atoms with Crippen LogP contribution < -0.4 is 9.47 Å². The highest BCUT2D eigenvalue weighted by Gasteiger charge is 2.20. The summed E-state index contributed by atoms with van der Waals surface area (Å²) in [6.45, 7) is 8.28. The standard InChI is InChI=1S/C18H28N2O3/c1-5-20(6-2)18(21)8-10-19-9-7-14-11-16(22-3)17(23-4)12-15(14)13-19/h11-12H,5-10,13H2,1-4H3. The van der Waals surface area contributed by atoms with E-state index in [1.165, 1.54) is 11.1 Å². The van der Waals surface area contributed by atoms with Crippen molar-refractivity contribution in [2.75, 3.05) is 40.4 Å². The number of hydrogen-bond donors (Lipinski definition) is 0. The van der Waals surface area contributed by atoms with Crippen molar-refractivity contribution in [2.24, 2.45) is 0 Å². The van der Waals surface area contributed by atoms with Gasteiger partial charge >= 0.3 is 0 Å². The Morgan fingerprint density at radius 3 is 2.30 bits per heavy atom. The maximum absolute atomic E-state index is 12.1. The van der Waals surface area contributed by atoms with Crippen LogP contribution in [0.25, 0.3) is 0 Å². The van der Waals surface area contributed by atoms with Gasteiger partial charge in [-0.1, -0.05) is 0 Å². The lowest BCUT2D eigenvalue weighted by atomic mass is 9.98. The Hall–Kier alpha value is -1.75. The third-order valence-corrected chi connectivity index (χ3v) is 4.56. The highest BCUT2D eigenvalue weighted by atomic mass is 16.5. The Labute approximate surface area is 139 Å². The van der Waals surface area contributed by atoms with Crippen molar-refractivity contribution in [1.82, 2.24) is 9.80 Å². The molecule has 0 spiro atoms. The summed E-state index contributed by atoms with van der Waals surface area (Å²) in [4.78, 5) is 16.4. The van der Waals surface area contributed by atoms with Gasteiger partial charge in [-0.15, -0.1) is 0 Å². The molecule has 0 fully saturated rings. The number of benzene rings is 1. The Bertz CT molecular complexity index is 541. The largest absolute Gasteiger partial charge is 0.493 e. The lowest BCUT2D eigenvalue weighted by Gasteiger charge is -2.30. The topological polar surface area (TPSA) is 42.0 Å². The molecule has 0 atom stereocenters. The number of methoxy groups -OCH3 is 2. The van der Waals surface area contributed by atoms with E-state index in [2.05, 4.69) is 17.0 Å². The molecule has 0 unspecified atom stereocenters. The third-order valence-electron chi connectivity index (χ3n) is 4.56. The van der Waals surface area contributed by atoms with Gasteiger partial charge in [-0.25, -0.2) is 0 Å². The average molecular weight is 320 g/mol. The van der Waals surface area contributed by atoms with E-state index >= 15 is 0 Å².